The summed E-state index contributed by atoms with van der Waals surface area (Å²) in [5, 5.41) is 11.7. The Balaban J connectivity index is 1.66. The zero-order chi connectivity index (χ0) is 17.3. The molecule has 128 valence electrons. The van der Waals surface area contributed by atoms with Crippen molar-refractivity contribution < 1.29 is 14.6 Å². The highest BCUT2D eigenvalue weighted by Gasteiger charge is 2.27. The average Bonchev–Trinajstić information content (AvgIpc) is 2.53. The summed E-state index contributed by atoms with van der Waals surface area (Å²) in [6.45, 7) is 7.14. The highest BCUT2D eigenvalue weighted by molar-refractivity contribution is 5.84. The zero-order valence-electron chi connectivity index (χ0n) is 14.6. The van der Waals surface area contributed by atoms with Crippen molar-refractivity contribution >= 4 is 16.9 Å². The van der Waals surface area contributed by atoms with E-state index in [1.54, 1.807) is 17.0 Å². The molecule has 1 saturated heterocycles. The average molecular weight is 327 g/mol. The first-order valence-electron chi connectivity index (χ1n) is 8.52. The van der Waals surface area contributed by atoms with Gasteiger partial charge >= 0.3 is 6.09 Å². The molecule has 2 aromatic carbocycles. The van der Waals surface area contributed by atoms with E-state index in [2.05, 4.69) is 18.2 Å². The fourth-order valence-electron chi connectivity index (χ4n) is 3.23. The third kappa shape index (κ3) is 3.81. The molecular weight excluding hydrogens is 302 g/mol. The van der Waals surface area contributed by atoms with Crippen LogP contribution in [0.5, 0.6) is 5.75 Å². The first kappa shape index (κ1) is 16.6. The number of phenols is 1. The molecule has 0 saturated carbocycles. The van der Waals surface area contributed by atoms with Gasteiger partial charge in [-0.05, 0) is 68.0 Å². The van der Waals surface area contributed by atoms with E-state index in [1.165, 1.54) is 5.56 Å². The van der Waals surface area contributed by atoms with Crippen LogP contribution < -0.4 is 0 Å². The molecule has 0 aliphatic carbocycles. The number of piperidine rings is 1. The number of carbonyl (C=O) groups excluding carboxylic acids is 1. The smallest absolute Gasteiger partial charge is 0.410 e. The summed E-state index contributed by atoms with van der Waals surface area (Å²) in [5.74, 6) is 0.753. The minimum atomic E-state index is -0.447. The van der Waals surface area contributed by atoms with Crippen molar-refractivity contribution in [2.24, 2.45) is 0 Å². The molecule has 0 spiro atoms. The van der Waals surface area contributed by atoms with Gasteiger partial charge in [-0.15, -0.1) is 0 Å². The molecule has 24 heavy (non-hydrogen) atoms. The largest absolute Gasteiger partial charge is 0.508 e. The Morgan fingerprint density at radius 2 is 1.71 bits per heavy atom. The molecule has 4 heteroatoms. The second kappa shape index (κ2) is 6.34. The van der Waals surface area contributed by atoms with E-state index in [4.69, 9.17) is 4.74 Å². The van der Waals surface area contributed by atoms with E-state index >= 15 is 0 Å². The summed E-state index contributed by atoms with van der Waals surface area (Å²) in [7, 11) is 0. The normalized spacial score (nSPS) is 16.4. The number of benzene rings is 2. The molecule has 0 bridgehead atoms. The summed E-state index contributed by atoms with van der Waals surface area (Å²) in [6.07, 6.45) is 1.68. The lowest BCUT2D eigenvalue weighted by Gasteiger charge is -2.33. The molecule has 2 aromatic rings. The highest BCUT2D eigenvalue weighted by Crippen LogP contribution is 2.31. The number of aromatic hydroxyl groups is 1. The van der Waals surface area contributed by atoms with Crippen LogP contribution in [0.15, 0.2) is 36.4 Å². The van der Waals surface area contributed by atoms with E-state index in [0.717, 1.165) is 36.7 Å². The van der Waals surface area contributed by atoms with Crippen molar-refractivity contribution in [3.63, 3.8) is 0 Å². The monoisotopic (exact) mass is 327 g/mol. The van der Waals surface area contributed by atoms with Gasteiger partial charge in [-0.25, -0.2) is 4.79 Å². The highest BCUT2D eigenvalue weighted by atomic mass is 16.6. The Hall–Kier alpha value is -2.23. The third-order valence-electron chi connectivity index (χ3n) is 4.47. The van der Waals surface area contributed by atoms with Gasteiger partial charge < -0.3 is 14.7 Å². The molecule has 0 radical (unpaired) electrons. The molecule has 0 unspecified atom stereocenters. The molecule has 1 aliphatic heterocycles. The molecule has 1 N–H and O–H groups in total. The lowest BCUT2D eigenvalue weighted by molar-refractivity contribution is 0.0205. The van der Waals surface area contributed by atoms with Crippen LogP contribution in [0.1, 0.15) is 45.1 Å². The zero-order valence-corrected chi connectivity index (χ0v) is 14.6. The Bertz CT molecular complexity index is 740. The van der Waals surface area contributed by atoms with Gasteiger partial charge in [0, 0.05) is 13.1 Å². The van der Waals surface area contributed by atoms with E-state index in [-0.39, 0.29) is 6.09 Å². The van der Waals surface area contributed by atoms with Crippen LogP contribution in [0.2, 0.25) is 0 Å². The molecule has 1 fully saturated rings. The lowest BCUT2D eigenvalue weighted by atomic mass is 9.88. The maximum Gasteiger partial charge on any atom is 0.410 e. The van der Waals surface area contributed by atoms with Gasteiger partial charge in [0.2, 0.25) is 0 Å². The summed E-state index contributed by atoms with van der Waals surface area (Å²) in [4.78, 5) is 14.0. The number of likely N-dealkylation sites (tertiary alicyclic amines) is 1. The van der Waals surface area contributed by atoms with Gasteiger partial charge in [0.15, 0.2) is 0 Å². The summed E-state index contributed by atoms with van der Waals surface area (Å²) >= 11 is 0. The minimum absolute atomic E-state index is 0.213. The third-order valence-corrected chi connectivity index (χ3v) is 4.47. The Morgan fingerprint density at radius 3 is 2.38 bits per heavy atom. The molecule has 4 nitrogen and oxygen atoms in total. The molecule has 3 rings (SSSR count). The Labute approximate surface area is 143 Å². The molecular formula is C20H25NO3. The van der Waals surface area contributed by atoms with Crippen LogP contribution in [-0.4, -0.2) is 34.8 Å². The molecule has 1 amide bonds. The van der Waals surface area contributed by atoms with Crippen molar-refractivity contribution in [3.8, 4) is 5.75 Å². The summed E-state index contributed by atoms with van der Waals surface area (Å²) < 4.78 is 5.45. The van der Waals surface area contributed by atoms with Crippen LogP contribution in [0, 0.1) is 0 Å². The van der Waals surface area contributed by atoms with Gasteiger partial charge in [0.25, 0.3) is 0 Å². The lowest BCUT2D eigenvalue weighted by Crippen LogP contribution is -2.41. The van der Waals surface area contributed by atoms with E-state index < -0.39 is 5.60 Å². The summed E-state index contributed by atoms with van der Waals surface area (Å²) in [6, 6.07) is 11.8. The van der Waals surface area contributed by atoms with Crippen molar-refractivity contribution in [1.82, 2.24) is 4.90 Å². The topological polar surface area (TPSA) is 49.8 Å². The maximum atomic E-state index is 12.1. The fraction of sp³-hybridized carbons (Fsp3) is 0.450. The Morgan fingerprint density at radius 1 is 1.08 bits per heavy atom. The number of nitrogens with zero attached hydrogens (tertiary/aromatic N) is 1. The molecule has 0 atom stereocenters. The number of ether oxygens (including phenoxy) is 1. The summed E-state index contributed by atoms with van der Waals surface area (Å²) in [5.41, 5.74) is 0.856. The predicted molar refractivity (Wildman–Crippen MR) is 95.4 cm³/mol. The van der Waals surface area contributed by atoms with Gasteiger partial charge in [0.05, 0.1) is 0 Å². The predicted octanol–water partition coefficient (Wildman–Crippen LogP) is 4.66. The number of carbonyl (C=O) groups is 1. The van der Waals surface area contributed by atoms with Gasteiger partial charge in [-0.1, -0.05) is 24.3 Å². The first-order chi connectivity index (χ1) is 11.3. The van der Waals surface area contributed by atoms with Crippen molar-refractivity contribution in [2.75, 3.05) is 13.1 Å². The number of hydrogen-bond acceptors (Lipinski definition) is 3. The molecule has 1 heterocycles. The molecule has 1 aliphatic rings. The maximum absolute atomic E-state index is 12.1. The van der Waals surface area contributed by atoms with Crippen LogP contribution in [0.3, 0.4) is 0 Å². The first-order valence-corrected chi connectivity index (χ1v) is 8.52. The van der Waals surface area contributed by atoms with Crippen molar-refractivity contribution in [3.05, 3.63) is 42.0 Å². The number of hydrogen-bond donors (Lipinski definition) is 1. The number of amides is 1. The van der Waals surface area contributed by atoms with E-state index in [0.29, 0.717) is 11.7 Å². The second-order valence-electron chi connectivity index (χ2n) is 7.53. The van der Waals surface area contributed by atoms with Crippen molar-refractivity contribution in [1.29, 1.82) is 0 Å². The quantitative estimate of drug-likeness (QED) is 0.829. The van der Waals surface area contributed by atoms with E-state index in [9.17, 15) is 9.90 Å². The van der Waals surface area contributed by atoms with Crippen LogP contribution in [0.25, 0.3) is 10.8 Å². The fourth-order valence-corrected chi connectivity index (χ4v) is 3.23. The van der Waals surface area contributed by atoms with Crippen LogP contribution in [-0.2, 0) is 4.74 Å². The van der Waals surface area contributed by atoms with Gasteiger partial charge in [0.1, 0.15) is 11.4 Å². The van der Waals surface area contributed by atoms with Crippen molar-refractivity contribution in [2.45, 2.75) is 45.1 Å². The minimum Gasteiger partial charge on any atom is -0.508 e. The SMILES string of the molecule is CC(C)(C)OC(=O)N1CCC(c2ccc3cc(O)ccc3c2)CC1. The van der Waals surface area contributed by atoms with Crippen LogP contribution >= 0.6 is 0 Å². The number of fused-ring (bicyclic) bond motifs is 1. The Kier molecular flexibility index (Phi) is 4.39. The van der Waals surface area contributed by atoms with Gasteiger partial charge in [-0.3, -0.25) is 0 Å². The number of rotatable bonds is 1. The molecule has 0 aromatic heterocycles. The second-order valence-corrected chi connectivity index (χ2v) is 7.53. The number of phenolic OH excluding ortho intramolecular Hbond substituents is 1. The standard InChI is InChI=1S/C20H25NO3/c1-20(2,3)24-19(23)21-10-8-14(9-11-21)15-4-5-17-13-18(22)7-6-16(17)12-15/h4-7,12-14,22H,8-11H2,1-3H3. The van der Waals surface area contributed by atoms with Crippen LogP contribution in [0.4, 0.5) is 4.79 Å². The van der Waals surface area contributed by atoms with Gasteiger partial charge in [-0.2, -0.15) is 0 Å². The van der Waals surface area contributed by atoms with E-state index in [1.807, 2.05) is 26.8 Å².